The first-order valence-electron chi connectivity index (χ1n) is 5.50. The largest absolute Gasteiger partial charge is 0.355 e. The number of halogens is 2. The van der Waals surface area contributed by atoms with Gasteiger partial charge in [0, 0.05) is 13.1 Å². The molecule has 1 aliphatic heterocycles. The topological polar surface area (TPSA) is 41.1 Å². The molecule has 1 unspecified atom stereocenters. The third kappa shape index (κ3) is 4.58. The second kappa shape index (κ2) is 7.36. The zero-order chi connectivity index (χ0) is 11.4. The zero-order valence-electron chi connectivity index (χ0n) is 9.37. The van der Waals surface area contributed by atoms with E-state index in [1.807, 2.05) is 0 Å². The van der Waals surface area contributed by atoms with Gasteiger partial charge in [-0.2, -0.15) is 0 Å². The van der Waals surface area contributed by atoms with E-state index in [1.165, 1.54) is 5.56 Å². The van der Waals surface area contributed by atoms with Crippen LogP contribution in [0.25, 0.3) is 0 Å². The molecule has 0 radical (unpaired) electrons. The molecule has 0 spiro atoms. The molecule has 2 heterocycles. The molecule has 96 valence electrons. The second-order valence-electron chi connectivity index (χ2n) is 3.98. The fraction of sp³-hybridized carbons (Fsp3) is 0.545. The summed E-state index contributed by atoms with van der Waals surface area (Å²) in [6.07, 6.45) is 3.15. The lowest BCUT2D eigenvalue weighted by Crippen LogP contribution is -2.42. The van der Waals surface area contributed by atoms with Gasteiger partial charge in [-0.1, -0.05) is 0 Å². The van der Waals surface area contributed by atoms with Gasteiger partial charge in [-0.25, -0.2) is 0 Å². The van der Waals surface area contributed by atoms with Gasteiger partial charge in [-0.15, -0.1) is 23.7 Å². The average molecular weight is 340 g/mol. The van der Waals surface area contributed by atoms with Crippen molar-refractivity contribution in [2.45, 2.75) is 31.8 Å². The van der Waals surface area contributed by atoms with Crippen LogP contribution in [0.15, 0.2) is 15.2 Å². The van der Waals surface area contributed by atoms with Gasteiger partial charge in [-0.3, -0.25) is 4.79 Å². The predicted octanol–water partition coefficient (Wildman–Crippen LogP) is 2.69. The Morgan fingerprint density at radius 2 is 2.35 bits per heavy atom. The fourth-order valence-corrected chi connectivity index (χ4v) is 3.02. The molecule has 1 atom stereocenters. The van der Waals surface area contributed by atoms with E-state index in [2.05, 4.69) is 38.0 Å². The van der Waals surface area contributed by atoms with Crippen molar-refractivity contribution >= 4 is 45.6 Å². The van der Waals surface area contributed by atoms with Crippen molar-refractivity contribution in [3.63, 3.8) is 0 Å². The van der Waals surface area contributed by atoms with Crippen LogP contribution >= 0.6 is 39.7 Å². The Bertz CT molecular complexity index is 372. The first-order valence-corrected chi connectivity index (χ1v) is 7.17. The summed E-state index contributed by atoms with van der Waals surface area (Å²) in [6.45, 7) is 1.58. The molecule has 0 aliphatic carbocycles. The molecule has 1 fully saturated rings. The van der Waals surface area contributed by atoms with E-state index >= 15 is 0 Å². The molecule has 1 aliphatic rings. The van der Waals surface area contributed by atoms with E-state index in [9.17, 15) is 4.79 Å². The van der Waals surface area contributed by atoms with Crippen molar-refractivity contribution in [1.29, 1.82) is 0 Å². The predicted molar refractivity (Wildman–Crippen MR) is 76.8 cm³/mol. The number of rotatable bonds is 3. The minimum Gasteiger partial charge on any atom is -0.355 e. The lowest BCUT2D eigenvalue weighted by Gasteiger charge is -2.14. The first kappa shape index (κ1) is 15.0. The number of hydrogen-bond acceptors (Lipinski definition) is 3. The molecule has 0 saturated carbocycles. The Morgan fingerprint density at radius 3 is 3.06 bits per heavy atom. The maximum Gasteiger partial charge on any atom is 0.237 e. The SMILES string of the molecule is Cl.O=C1NCCCCC1NCc1csc(Br)c1. The van der Waals surface area contributed by atoms with Crippen LogP contribution in [0.1, 0.15) is 24.8 Å². The quantitative estimate of drug-likeness (QED) is 0.889. The van der Waals surface area contributed by atoms with Crippen molar-refractivity contribution in [2.75, 3.05) is 6.54 Å². The summed E-state index contributed by atoms with van der Waals surface area (Å²) in [4.78, 5) is 11.7. The number of amides is 1. The van der Waals surface area contributed by atoms with Gasteiger partial charge in [0.25, 0.3) is 0 Å². The normalized spacial score (nSPS) is 20.3. The van der Waals surface area contributed by atoms with Gasteiger partial charge < -0.3 is 10.6 Å². The van der Waals surface area contributed by atoms with E-state index in [4.69, 9.17) is 0 Å². The van der Waals surface area contributed by atoms with Crippen LogP contribution in [-0.2, 0) is 11.3 Å². The van der Waals surface area contributed by atoms with Crippen LogP contribution in [0.4, 0.5) is 0 Å². The number of carbonyl (C=O) groups excluding carboxylic acids is 1. The molecule has 3 nitrogen and oxygen atoms in total. The van der Waals surface area contributed by atoms with Crippen molar-refractivity contribution in [3.8, 4) is 0 Å². The van der Waals surface area contributed by atoms with Crippen molar-refractivity contribution in [2.24, 2.45) is 0 Å². The Labute approximate surface area is 120 Å². The standard InChI is InChI=1S/C11H15BrN2OS.ClH/c12-10-5-8(7-16-10)6-14-9-3-1-2-4-13-11(9)15;/h5,7,9,14H,1-4,6H2,(H,13,15);1H. The molecule has 2 N–H and O–H groups in total. The summed E-state index contributed by atoms with van der Waals surface area (Å²) in [6, 6.07) is 2.06. The highest BCUT2D eigenvalue weighted by molar-refractivity contribution is 9.11. The number of thiophene rings is 1. The fourth-order valence-electron chi connectivity index (χ4n) is 1.81. The monoisotopic (exact) mass is 338 g/mol. The van der Waals surface area contributed by atoms with E-state index < -0.39 is 0 Å². The molecular formula is C11H16BrClN2OS. The molecule has 1 aromatic heterocycles. The van der Waals surface area contributed by atoms with Gasteiger partial charge in [0.2, 0.25) is 5.91 Å². The summed E-state index contributed by atoms with van der Waals surface area (Å²) < 4.78 is 1.13. The Hall–Kier alpha value is -0.100. The van der Waals surface area contributed by atoms with E-state index in [1.54, 1.807) is 11.3 Å². The molecule has 1 aromatic rings. The number of carbonyl (C=O) groups is 1. The van der Waals surface area contributed by atoms with Gasteiger partial charge in [0.05, 0.1) is 9.83 Å². The lowest BCUT2D eigenvalue weighted by atomic mass is 10.1. The smallest absolute Gasteiger partial charge is 0.237 e. The van der Waals surface area contributed by atoms with E-state index in [-0.39, 0.29) is 24.4 Å². The Kier molecular flexibility index (Phi) is 6.48. The summed E-state index contributed by atoms with van der Waals surface area (Å²) >= 11 is 5.11. The molecule has 17 heavy (non-hydrogen) atoms. The highest BCUT2D eigenvalue weighted by Gasteiger charge is 2.19. The average Bonchev–Trinajstić information content (AvgIpc) is 2.56. The maximum atomic E-state index is 11.7. The molecule has 0 bridgehead atoms. The van der Waals surface area contributed by atoms with E-state index in [0.717, 1.165) is 36.1 Å². The Morgan fingerprint density at radius 1 is 1.53 bits per heavy atom. The van der Waals surface area contributed by atoms with Crippen molar-refractivity contribution in [3.05, 3.63) is 20.8 Å². The van der Waals surface area contributed by atoms with Crippen LogP contribution in [-0.4, -0.2) is 18.5 Å². The highest BCUT2D eigenvalue weighted by atomic mass is 79.9. The van der Waals surface area contributed by atoms with Crippen LogP contribution in [0, 0.1) is 0 Å². The summed E-state index contributed by atoms with van der Waals surface area (Å²) in [7, 11) is 0. The minimum absolute atomic E-state index is 0. The number of nitrogens with one attached hydrogen (secondary N) is 2. The second-order valence-corrected chi connectivity index (χ2v) is 6.27. The van der Waals surface area contributed by atoms with Crippen molar-refractivity contribution < 1.29 is 4.79 Å². The van der Waals surface area contributed by atoms with Crippen LogP contribution in [0.2, 0.25) is 0 Å². The lowest BCUT2D eigenvalue weighted by molar-refractivity contribution is -0.122. The summed E-state index contributed by atoms with van der Waals surface area (Å²) in [5.41, 5.74) is 1.23. The van der Waals surface area contributed by atoms with Crippen LogP contribution < -0.4 is 10.6 Å². The van der Waals surface area contributed by atoms with Crippen molar-refractivity contribution in [1.82, 2.24) is 10.6 Å². The van der Waals surface area contributed by atoms with Gasteiger partial charge >= 0.3 is 0 Å². The molecule has 1 amide bonds. The number of hydrogen-bond donors (Lipinski definition) is 2. The van der Waals surface area contributed by atoms with Gasteiger partial charge in [0.15, 0.2) is 0 Å². The minimum atomic E-state index is -0.0267. The Balaban J connectivity index is 0.00000144. The molecule has 0 aromatic carbocycles. The van der Waals surface area contributed by atoms with Gasteiger partial charge in [-0.05, 0) is 52.2 Å². The van der Waals surface area contributed by atoms with Crippen LogP contribution in [0.5, 0.6) is 0 Å². The zero-order valence-corrected chi connectivity index (χ0v) is 12.6. The van der Waals surface area contributed by atoms with E-state index in [0.29, 0.717) is 0 Å². The third-order valence-electron chi connectivity index (χ3n) is 2.71. The molecular weight excluding hydrogens is 324 g/mol. The first-order chi connectivity index (χ1) is 7.75. The van der Waals surface area contributed by atoms with Crippen LogP contribution in [0.3, 0.4) is 0 Å². The molecule has 2 rings (SSSR count). The highest BCUT2D eigenvalue weighted by Crippen LogP contribution is 2.20. The van der Waals surface area contributed by atoms with Gasteiger partial charge in [0.1, 0.15) is 0 Å². The maximum absolute atomic E-state index is 11.7. The molecule has 1 saturated heterocycles. The third-order valence-corrected chi connectivity index (χ3v) is 4.26. The summed E-state index contributed by atoms with van der Waals surface area (Å²) in [5, 5.41) is 8.35. The molecule has 6 heteroatoms. The summed E-state index contributed by atoms with van der Waals surface area (Å²) in [5.74, 6) is 0.145.